The summed E-state index contributed by atoms with van der Waals surface area (Å²) >= 11 is 0. The number of hydrogen-bond acceptors (Lipinski definition) is 2. The monoisotopic (exact) mass is 210 g/mol. The van der Waals surface area contributed by atoms with Gasteiger partial charge in [0.1, 0.15) is 0 Å². The van der Waals surface area contributed by atoms with Crippen molar-refractivity contribution in [1.82, 2.24) is 10.2 Å². The predicted octanol–water partition coefficient (Wildman–Crippen LogP) is 1.53. The fourth-order valence-electron chi connectivity index (χ4n) is 3.20. The molecule has 0 aromatic heterocycles. The first-order valence-electron chi connectivity index (χ1n) is 6.16. The van der Waals surface area contributed by atoms with Crippen molar-refractivity contribution >= 4 is 5.91 Å². The molecule has 15 heavy (non-hydrogen) atoms. The zero-order valence-corrected chi connectivity index (χ0v) is 9.88. The van der Waals surface area contributed by atoms with Gasteiger partial charge in [-0.1, -0.05) is 12.8 Å². The van der Waals surface area contributed by atoms with Gasteiger partial charge in [-0.15, -0.1) is 0 Å². The third kappa shape index (κ3) is 1.89. The predicted molar refractivity (Wildman–Crippen MR) is 60.7 cm³/mol. The van der Waals surface area contributed by atoms with E-state index >= 15 is 0 Å². The van der Waals surface area contributed by atoms with Crippen molar-refractivity contribution in [1.29, 1.82) is 0 Å². The van der Waals surface area contributed by atoms with E-state index in [0.717, 1.165) is 19.5 Å². The quantitative estimate of drug-likeness (QED) is 0.657. The van der Waals surface area contributed by atoms with E-state index in [1.807, 2.05) is 0 Å². The van der Waals surface area contributed by atoms with Gasteiger partial charge in [0.2, 0.25) is 5.91 Å². The number of fused-ring (bicyclic) bond motifs is 1. The highest BCUT2D eigenvalue weighted by Gasteiger charge is 2.44. The Morgan fingerprint density at radius 2 is 2.20 bits per heavy atom. The van der Waals surface area contributed by atoms with Crippen molar-refractivity contribution in [2.24, 2.45) is 0 Å². The number of rotatable bonds is 0. The van der Waals surface area contributed by atoms with Gasteiger partial charge in [-0.25, -0.2) is 0 Å². The van der Waals surface area contributed by atoms with Gasteiger partial charge in [-0.2, -0.15) is 0 Å². The summed E-state index contributed by atoms with van der Waals surface area (Å²) in [4.78, 5) is 13.8. The van der Waals surface area contributed by atoms with Crippen LogP contribution in [0.25, 0.3) is 0 Å². The molecule has 2 rings (SSSR count). The molecule has 86 valence electrons. The normalized spacial score (nSPS) is 36.9. The van der Waals surface area contributed by atoms with Gasteiger partial charge >= 0.3 is 0 Å². The average molecular weight is 210 g/mol. The standard InChI is InChI=1S/C12H22N2O/c1-10(15)14-9-5-3-4-6-11-12(14,2)7-8-13-11/h11,13H,3-9H2,1-2H3/t11?,12-/m0/s1. The molecule has 0 aromatic carbocycles. The summed E-state index contributed by atoms with van der Waals surface area (Å²) in [7, 11) is 0. The molecule has 2 aliphatic rings. The number of hydrogen-bond donors (Lipinski definition) is 1. The lowest BCUT2D eigenvalue weighted by atomic mass is 9.85. The van der Waals surface area contributed by atoms with Gasteiger partial charge in [0.25, 0.3) is 0 Å². The van der Waals surface area contributed by atoms with Gasteiger partial charge in [-0.3, -0.25) is 4.79 Å². The van der Waals surface area contributed by atoms with Gasteiger partial charge in [-0.05, 0) is 32.7 Å². The molecule has 2 fully saturated rings. The lowest BCUT2D eigenvalue weighted by molar-refractivity contribution is -0.135. The number of amides is 1. The Morgan fingerprint density at radius 1 is 1.40 bits per heavy atom. The van der Waals surface area contributed by atoms with E-state index in [0.29, 0.717) is 6.04 Å². The van der Waals surface area contributed by atoms with Crippen LogP contribution in [0.3, 0.4) is 0 Å². The Balaban J connectivity index is 2.21. The topological polar surface area (TPSA) is 32.3 Å². The van der Waals surface area contributed by atoms with Crippen LogP contribution in [0, 0.1) is 0 Å². The molecule has 3 heteroatoms. The lowest BCUT2D eigenvalue weighted by Crippen LogP contribution is -2.56. The highest BCUT2D eigenvalue weighted by atomic mass is 16.2. The zero-order chi connectivity index (χ0) is 10.9. The van der Waals surface area contributed by atoms with E-state index in [-0.39, 0.29) is 11.4 Å². The van der Waals surface area contributed by atoms with Crippen LogP contribution in [0.2, 0.25) is 0 Å². The minimum absolute atomic E-state index is 0.0756. The second-order valence-electron chi connectivity index (χ2n) is 5.13. The van der Waals surface area contributed by atoms with Crippen LogP contribution in [0.4, 0.5) is 0 Å². The summed E-state index contributed by atoms with van der Waals surface area (Å²) in [5.41, 5.74) is 0.0756. The second-order valence-corrected chi connectivity index (χ2v) is 5.13. The van der Waals surface area contributed by atoms with Crippen molar-refractivity contribution in [3.63, 3.8) is 0 Å². The molecule has 0 aromatic rings. The molecule has 0 saturated carbocycles. The third-order valence-corrected chi connectivity index (χ3v) is 4.14. The third-order valence-electron chi connectivity index (χ3n) is 4.14. The van der Waals surface area contributed by atoms with E-state index in [9.17, 15) is 4.79 Å². The number of nitrogens with one attached hydrogen (secondary N) is 1. The molecule has 0 bridgehead atoms. The summed E-state index contributed by atoms with van der Waals surface area (Å²) < 4.78 is 0. The van der Waals surface area contributed by atoms with Gasteiger partial charge in [0.05, 0.1) is 5.54 Å². The Bertz CT molecular complexity index is 254. The molecule has 0 radical (unpaired) electrons. The number of nitrogens with zero attached hydrogens (tertiary/aromatic N) is 1. The average Bonchev–Trinajstić information content (AvgIpc) is 2.49. The second kappa shape index (κ2) is 4.12. The minimum atomic E-state index is 0.0756. The Morgan fingerprint density at radius 3 is 2.93 bits per heavy atom. The smallest absolute Gasteiger partial charge is 0.219 e. The van der Waals surface area contributed by atoms with Crippen LogP contribution in [-0.2, 0) is 4.79 Å². The molecule has 2 heterocycles. The molecule has 2 saturated heterocycles. The van der Waals surface area contributed by atoms with Crippen LogP contribution in [0.15, 0.2) is 0 Å². The zero-order valence-electron chi connectivity index (χ0n) is 9.88. The number of carbonyl (C=O) groups excluding carboxylic acids is 1. The summed E-state index contributed by atoms with van der Waals surface area (Å²) in [6.45, 7) is 5.97. The Hall–Kier alpha value is -0.570. The SMILES string of the molecule is CC(=O)N1CCCCCC2NCC[C@@]21C. The van der Waals surface area contributed by atoms with E-state index in [2.05, 4.69) is 17.1 Å². The van der Waals surface area contributed by atoms with Crippen molar-refractivity contribution in [2.45, 2.75) is 57.5 Å². The summed E-state index contributed by atoms with van der Waals surface area (Å²) in [5.74, 6) is 0.244. The maximum Gasteiger partial charge on any atom is 0.219 e. The number of carbonyl (C=O) groups is 1. The van der Waals surface area contributed by atoms with Crippen molar-refractivity contribution in [3.8, 4) is 0 Å². The summed E-state index contributed by atoms with van der Waals surface area (Å²) in [5, 5.41) is 3.56. The van der Waals surface area contributed by atoms with Crippen LogP contribution in [-0.4, -0.2) is 35.5 Å². The van der Waals surface area contributed by atoms with Gasteiger partial charge in [0, 0.05) is 19.5 Å². The highest BCUT2D eigenvalue weighted by Crippen LogP contribution is 2.33. The van der Waals surface area contributed by atoms with Crippen molar-refractivity contribution in [2.75, 3.05) is 13.1 Å². The molecule has 2 aliphatic heterocycles. The van der Waals surface area contributed by atoms with E-state index in [1.165, 1.54) is 25.7 Å². The molecule has 0 aliphatic carbocycles. The summed E-state index contributed by atoms with van der Waals surface area (Å²) in [6.07, 6.45) is 6.07. The molecule has 1 amide bonds. The molecule has 0 spiro atoms. The van der Waals surface area contributed by atoms with E-state index < -0.39 is 0 Å². The maximum atomic E-state index is 11.7. The van der Waals surface area contributed by atoms with Crippen LogP contribution >= 0.6 is 0 Å². The van der Waals surface area contributed by atoms with Gasteiger partial charge < -0.3 is 10.2 Å². The van der Waals surface area contributed by atoms with Crippen LogP contribution in [0.5, 0.6) is 0 Å². The maximum absolute atomic E-state index is 11.7. The summed E-state index contributed by atoms with van der Waals surface area (Å²) in [6, 6.07) is 0.515. The van der Waals surface area contributed by atoms with Crippen LogP contribution in [0.1, 0.15) is 46.0 Å². The molecule has 3 nitrogen and oxygen atoms in total. The van der Waals surface area contributed by atoms with Crippen molar-refractivity contribution < 1.29 is 4.79 Å². The van der Waals surface area contributed by atoms with Gasteiger partial charge in [0.15, 0.2) is 0 Å². The number of likely N-dealkylation sites (tertiary alicyclic amines) is 1. The molecule has 1 N–H and O–H groups in total. The highest BCUT2D eigenvalue weighted by molar-refractivity contribution is 5.74. The fraction of sp³-hybridized carbons (Fsp3) is 0.917. The van der Waals surface area contributed by atoms with Crippen LogP contribution < -0.4 is 5.32 Å². The van der Waals surface area contributed by atoms with E-state index in [1.54, 1.807) is 6.92 Å². The Labute approximate surface area is 92.2 Å². The van der Waals surface area contributed by atoms with E-state index in [4.69, 9.17) is 0 Å². The molecular formula is C12H22N2O. The first kappa shape index (κ1) is 10.9. The first-order chi connectivity index (χ1) is 7.14. The minimum Gasteiger partial charge on any atom is -0.336 e. The first-order valence-corrected chi connectivity index (χ1v) is 6.16. The lowest BCUT2D eigenvalue weighted by Gasteiger charge is -2.43. The fourth-order valence-corrected chi connectivity index (χ4v) is 3.20. The molecule has 1 unspecified atom stereocenters. The largest absolute Gasteiger partial charge is 0.336 e. The molecular weight excluding hydrogens is 188 g/mol. The van der Waals surface area contributed by atoms with Crippen molar-refractivity contribution in [3.05, 3.63) is 0 Å². The Kier molecular flexibility index (Phi) is 3.01. The molecule has 2 atom stereocenters.